The van der Waals surface area contributed by atoms with Gasteiger partial charge in [0, 0.05) is 5.69 Å². The minimum Gasteiger partial charge on any atom is -0.478 e. The maximum absolute atomic E-state index is 10.9. The van der Waals surface area contributed by atoms with Crippen LogP contribution >= 0.6 is 11.6 Å². The molecule has 0 radical (unpaired) electrons. The highest BCUT2D eigenvalue weighted by atomic mass is 35.5. The largest absolute Gasteiger partial charge is 0.478 e. The number of benzene rings is 1. The minimum absolute atomic E-state index is 0.241. The van der Waals surface area contributed by atoms with Crippen molar-refractivity contribution in [1.29, 1.82) is 0 Å². The Hall–Kier alpha value is -2.20. The molecule has 0 bridgehead atoms. The maximum atomic E-state index is 10.9. The number of aromatic nitrogens is 2. The van der Waals surface area contributed by atoms with Gasteiger partial charge in [-0.2, -0.15) is 0 Å². The number of rotatable bonds is 3. The van der Waals surface area contributed by atoms with Gasteiger partial charge in [-0.15, -0.1) is 0 Å². The number of aromatic carboxylic acids is 1. The first kappa shape index (κ1) is 13.2. The first-order chi connectivity index (χ1) is 9.04. The molecule has 0 fully saturated rings. The molecule has 0 atom stereocenters. The fourth-order valence-electron chi connectivity index (χ4n) is 1.57. The summed E-state index contributed by atoms with van der Waals surface area (Å²) in [5, 5.41) is 9.28. The van der Waals surface area contributed by atoms with Gasteiger partial charge in [0.15, 0.2) is 5.82 Å². The second kappa shape index (κ2) is 5.63. The summed E-state index contributed by atoms with van der Waals surface area (Å²) >= 11 is 5.84. The third-order valence-corrected chi connectivity index (χ3v) is 2.59. The molecule has 0 aliphatic heterocycles. The molecule has 96 valence electrons. The number of carboxylic acid groups (broad SMARTS) is 1. The van der Waals surface area contributed by atoms with Crippen molar-refractivity contribution in [3.63, 3.8) is 0 Å². The molecule has 1 aromatic heterocycles. The zero-order valence-electron chi connectivity index (χ0n) is 10.2. The summed E-state index contributed by atoms with van der Waals surface area (Å²) in [7, 11) is 0. The molecule has 19 heavy (non-hydrogen) atoms. The fourth-order valence-corrected chi connectivity index (χ4v) is 1.82. The lowest BCUT2D eigenvalue weighted by atomic mass is 10.1. The molecule has 0 aliphatic carbocycles. The van der Waals surface area contributed by atoms with E-state index in [0.717, 1.165) is 11.3 Å². The summed E-state index contributed by atoms with van der Waals surface area (Å²) in [4.78, 5) is 19.1. The third kappa shape index (κ3) is 3.63. The van der Waals surface area contributed by atoms with Gasteiger partial charge in [0.25, 0.3) is 0 Å². The summed E-state index contributed by atoms with van der Waals surface area (Å²) < 4.78 is 0. The van der Waals surface area contributed by atoms with Crippen LogP contribution in [0, 0.1) is 6.92 Å². The summed E-state index contributed by atoms with van der Waals surface area (Å²) in [5.41, 5.74) is 1.78. The lowest BCUT2D eigenvalue weighted by molar-refractivity contribution is 0.0697. The van der Waals surface area contributed by atoms with E-state index < -0.39 is 5.97 Å². The predicted molar refractivity (Wildman–Crippen MR) is 74.1 cm³/mol. The maximum Gasteiger partial charge on any atom is 0.335 e. The van der Waals surface area contributed by atoms with E-state index >= 15 is 0 Å². The molecule has 0 amide bonds. The molecule has 0 spiro atoms. The van der Waals surface area contributed by atoms with Crippen LogP contribution in [0.3, 0.4) is 0 Å². The quantitative estimate of drug-likeness (QED) is 0.872. The first-order valence-corrected chi connectivity index (χ1v) is 5.95. The zero-order chi connectivity index (χ0) is 13.8. The molecule has 4 nitrogen and oxygen atoms in total. The highest BCUT2D eigenvalue weighted by molar-refractivity contribution is 6.29. The molecule has 5 heteroatoms. The summed E-state index contributed by atoms with van der Waals surface area (Å²) in [5.74, 6) is -0.462. The molecule has 1 N–H and O–H groups in total. The van der Waals surface area contributed by atoms with Gasteiger partial charge in [0.2, 0.25) is 0 Å². The zero-order valence-corrected chi connectivity index (χ0v) is 10.9. The van der Waals surface area contributed by atoms with Crippen LogP contribution in [-0.4, -0.2) is 21.0 Å². The van der Waals surface area contributed by atoms with Crippen molar-refractivity contribution in [1.82, 2.24) is 9.97 Å². The molecule has 0 unspecified atom stereocenters. The van der Waals surface area contributed by atoms with Gasteiger partial charge in [0.1, 0.15) is 5.15 Å². The van der Waals surface area contributed by atoms with Crippen molar-refractivity contribution < 1.29 is 9.90 Å². The van der Waals surface area contributed by atoms with E-state index in [9.17, 15) is 4.79 Å². The summed E-state index contributed by atoms with van der Waals surface area (Å²) in [6, 6.07) is 8.29. The standard InChI is InChI=1S/C14H11ClN2O2/c1-9-7-12(15)17-13(16-9)6-5-10-3-2-4-11(8-10)14(18)19/h2-8H,1H3,(H,18,19)/b6-5+. The van der Waals surface area contributed by atoms with Crippen LogP contribution in [0.5, 0.6) is 0 Å². The summed E-state index contributed by atoms with van der Waals surface area (Å²) in [6.45, 7) is 1.83. The molecule has 0 saturated heterocycles. The van der Waals surface area contributed by atoms with Crippen LogP contribution in [0.15, 0.2) is 30.3 Å². The van der Waals surface area contributed by atoms with Crippen LogP contribution in [-0.2, 0) is 0 Å². The average Bonchev–Trinajstić information content (AvgIpc) is 2.35. The fraction of sp³-hybridized carbons (Fsp3) is 0.0714. The van der Waals surface area contributed by atoms with E-state index in [1.165, 1.54) is 0 Å². The number of hydrogen-bond donors (Lipinski definition) is 1. The van der Waals surface area contributed by atoms with Crippen LogP contribution in [0.1, 0.15) is 27.4 Å². The Morgan fingerprint density at radius 1 is 1.26 bits per heavy atom. The number of halogens is 1. The van der Waals surface area contributed by atoms with Gasteiger partial charge in [-0.1, -0.05) is 29.8 Å². The van der Waals surface area contributed by atoms with E-state index in [4.69, 9.17) is 16.7 Å². The number of nitrogens with zero attached hydrogens (tertiary/aromatic N) is 2. The molecule has 0 aliphatic rings. The molecular weight excluding hydrogens is 264 g/mol. The van der Waals surface area contributed by atoms with Crippen molar-refractivity contribution in [2.24, 2.45) is 0 Å². The Morgan fingerprint density at radius 3 is 2.74 bits per heavy atom. The molecular formula is C14H11ClN2O2. The highest BCUT2D eigenvalue weighted by Crippen LogP contribution is 2.11. The van der Waals surface area contributed by atoms with Crippen molar-refractivity contribution >= 4 is 29.7 Å². The van der Waals surface area contributed by atoms with Gasteiger partial charge >= 0.3 is 5.97 Å². The van der Waals surface area contributed by atoms with Gasteiger partial charge in [-0.3, -0.25) is 0 Å². The van der Waals surface area contributed by atoms with E-state index in [-0.39, 0.29) is 5.56 Å². The van der Waals surface area contributed by atoms with Crippen LogP contribution in [0.2, 0.25) is 5.15 Å². The van der Waals surface area contributed by atoms with Gasteiger partial charge < -0.3 is 5.11 Å². The number of carbonyl (C=O) groups is 1. The minimum atomic E-state index is -0.954. The molecule has 1 aromatic carbocycles. The van der Waals surface area contributed by atoms with Gasteiger partial charge in [-0.05, 0) is 36.8 Å². The second-order valence-electron chi connectivity index (χ2n) is 3.95. The monoisotopic (exact) mass is 274 g/mol. The normalized spacial score (nSPS) is 10.8. The van der Waals surface area contributed by atoms with Crippen LogP contribution in [0.25, 0.3) is 12.2 Å². The van der Waals surface area contributed by atoms with Crippen molar-refractivity contribution in [3.05, 3.63) is 58.1 Å². The van der Waals surface area contributed by atoms with Crippen LogP contribution in [0.4, 0.5) is 0 Å². The lowest BCUT2D eigenvalue weighted by Crippen LogP contribution is -1.95. The topological polar surface area (TPSA) is 63.1 Å². The third-order valence-electron chi connectivity index (χ3n) is 2.40. The number of carboxylic acids is 1. The Balaban J connectivity index is 2.27. The van der Waals surface area contributed by atoms with E-state index in [2.05, 4.69) is 9.97 Å². The Labute approximate surface area is 115 Å². The number of hydrogen-bond acceptors (Lipinski definition) is 3. The molecule has 2 aromatic rings. The highest BCUT2D eigenvalue weighted by Gasteiger charge is 2.01. The van der Waals surface area contributed by atoms with E-state index in [0.29, 0.717) is 11.0 Å². The second-order valence-corrected chi connectivity index (χ2v) is 4.34. The van der Waals surface area contributed by atoms with Crippen molar-refractivity contribution in [3.8, 4) is 0 Å². The summed E-state index contributed by atoms with van der Waals surface area (Å²) in [6.07, 6.45) is 3.44. The number of aryl methyl sites for hydroxylation is 1. The van der Waals surface area contributed by atoms with Crippen LogP contribution < -0.4 is 0 Å². The van der Waals surface area contributed by atoms with Crippen molar-refractivity contribution in [2.45, 2.75) is 6.92 Å². The predicted octanol–water partition coefficient (Wildman–Crippen LogP) is 3.31. The molecule has 1 heterocycles. The molecule has 2 rings (SSSR count). The van der Waals surface area contributed by atoms with Crippen molar-refractivity contribution in [2.75, 3.05) is 0 Å². The van der Waals surface area contributed by atoms with E-state index in [1.807, 2.05) is 6.92 Å². The van der Waals surface area contributed by atoms with Gasteiger partial charge in [-0.25, -0.2) is 14.8 Å². The Morgan fingerprint density at radius 2 is 2.05 bits per heavy atom. The first-order valence-electron chi connectivity index (χ1n) is 5.57. The Kier molecular flexibility index (Phi) is 3.92. The molecule has 0 saturated carbocycles. The Bertz CT molecular complexity index is 633. The average molecular weight is 275 g/mol. The van der Waals surface area contributed by atoms with E-state index in [1.54, 1.807) is 42.5 Å². The smallest absolute Gasteiger partial charge is 0.335 e. The van der Waals surface area contributed by atoms with Gasteiger partial charge in [0.05, 0.1) is 5.56 Å². The SMILES string of the molecule is Cc1cc(Cl)nc(/C=C/c2cccc(C(=O)O)c2)n1. The lowest BCUT2D eigenvalue weighted by Gasteiger charge is -1.98.